The van der Waals surface area contributed by atoms with Crippen molar-refractivity contribution in [3.8, 4) is 0 Å². The van der Waals surface area contributed by atoms with Gasteiger partial charge in [-0.05, 0) is 6.07 Å². The highest BCUT2D eigenvalue weighted by Crippen LogP contribution is 1.98. The molecular formula is C6H7BN2O4. The molecule has 6 nitrogen and oxygen atoms in total. The Hall–Kier alpha value is -1.60. The molecule has 0 fully saturated rings. The molecular weight excluding hydrogens is 175 g/mol. The standard InChI is InChI=1S/C6H7BN2O4/c8-4-2-1-3(7(12)13)5(9-4)6(10)11/h1-2,12-13H,(H2,8,9)(H,10,11). The summed E-state index contributed by atoms with van der Waals surface area (Å²) in [7, 11) is -1.86. The second kappa shape index (κ2) is 3.42. The number of nitrogen functional groups attached to an aromatic ring is 1. The van der Waals surface area contributed by atoms with Crippen molar-refractivity contribution >= 4 is 24.4 Å². The number of anilines is 1. The highest BCUT2D eigenvalue weighted by atomic mass is 16.4. The van der Waals surface area contributed by atoms with E-state index in [1.807, 2.05) is 0 Å². The number of nitrogens with two attached hydrogens (primary N) is 1. The number of aromatic nitrogens is 1. The third kappa shape index (κ3) is 1.95. The first-order valence-corrected chi connectivity index (χ1v) is 3.38. The number of aromatic carboxylic acids is 1. The van der Waals surface area contributed by atoms with Crippen LogP contribution in [0.5, 0.6) is 0 Å². The fraction of sp³-hybridized carbons (Fsp3) is 0. The van der Waals surface area contributed by atoms with Crippen LogP contribution in [0, 0.1) is 0 Å². The van der Waals surface area contributed by atoms with Crippen LogP contribution in [0.15, 0.2) is 12.1 Å². The van der Waals surface area contributed by atoms with E-state index in [1.54, 1.807) is 0 Å². The van der Waals surface area contributed by atoms with Crippen molar-refractivity contribution in [1.82, 2.24) is 4.98 Å². The summed E-state index contributed by atoms with van der Waals surface area (Å²) in [5.41, 5.74) is 4.60. The zero-order valence-corrected chi connectivity index (χ0v) is 6.51. The molecule has 0 saturated carbocycles. The maximum absolute atomic E-state index is 10.5. The van der Waals surface area contributed by atoms with E-state index in [1.165, 1.54) is 12.1 Å². The van der Waals surface area contributed by atoms with Crippen molar-refractivity contribution in [3.05, 3.63) is 17.8 Å². The number of carboxylic acid groups (broad SMARTS) is 1. The highest BCUT2D eigenvalue weighted by Gasteiger charge is 2.21. The Morgan fingerprint density at radius 1 is 1.46 bits per heavy atom. The summed E-state index contributed by atoms with van der Waals surface area (Å²) < 4.78 is 0. The molecule has 0 saturated heterocycles. The van der Waals surface area contributed by atoms with Crippen LogP contribution in [0.1, 0.15) is 10.5 Å². The van der Waals surface area contributed by atoms with Gasteiger partial charge in [-0.15, -0.1) is 0 Å². The van der Waals surface area contributed by atoms with Gasteiger partial charge < -0.3 is 20.9 Å². The van der Waals surface area contributed by atoms with Gasteiger partial charge in [-0.1, -0.05) is 6.07 Å². The van der Waals surface area contributed by atoms with Crippen molar-refractivity contribution in [2.45, 2.75) is 0 Å². The predicted octanol–water partition coefficient (Wildman–Crippen LogP) is -1.96. The van der Waals surface area contributed by atoms with Crippen molar-refractivity contribution in [1.29, 1.82) is 0 Å². The smallest absolute Gasteiger partial charge is 0.477 e. The van der Waals surface area contributed by atoms with Crippen molar-refractivity contribution < 1.29 is 19.9 Å². The van der Waals surface area contributed by atoms with E-state index < -0.39 is 18.8 Å². The average Bonchev–Trinajstić information content (AvgIpc) is 2.03. The molecule has 0 aromatic carbocycles. The van der Waals surface area contributed by atoms with Gasteiger partial charge in [-0.2, -0.15) is 0 Å². The molecule has 0 radical (unpaired) electrons. The molecule has 0 amide bonds. The maximum atomic E-state index is 10.5. The van der Waals surface area contributed by atoms with Gasteiger partial charge in [-0.25, -0.2) is 9.78 Å². The second-order valence-corrected chi connectivity index (χ2v) is 2.35. The average molecular weight is 182 g/mol. The highest BCUT2D eigenvalue weighted by molar-refractivity contribution is 6.60. The first kappa shape index (κ1) is 9.49. The Morgan fingerprint density at radius 3 is 2.54 bits per heavy atom. The number of rotatable bonds is 2. The molecule has 0 spiro atoms. The van der Waals surface area contributed by atoms with Crippen LogP contribution in [0.3, 0.4) is 0 Å². The Balaban J connectivity index is 3.27. The number of hydrogen-bond acceptors (Lipinski definition) is 5. The van der Waals surface area contributed by atoms with E-state index >= 15 is 0 Å². The second-order valence-electron chi connectivity index (χ2n) is 2.35. The minimum absolute atomic E-state index is 0.0156. The molecule has 1 aromatic rings. The van der Waals surface area contributed by atoms with Gasteiger partial charge in [0.15, 0.2) is 0 Å². The molecule has 0 unspecified atom stereocenters. The summed E-state index contributed by atoms with van der Waals surface area (Å²) in [5.74, 6) is -1.34. The lowest BCUT2D eigenvalue weighted by Gasteiger charge is -2.03. The first-order chi connectivity index (χ1) is 6.02. The van der Waals surface area contributed by atoms with Crippen LogP contribution < -0.4 is 11.2 Å². The van der Waals surface area contributed by atoms with Gasteiger partial charge in [0.2, 0.25) is 0 Å². The largest absolute Gasteiger partial charge is 0.490 e. The molecule has 0 aliphatic heterocycles. The van der Waals surface area contributed by atoms with E-state index in [0.717, 1.165) is 0 Å². The van der Waals surface area contributed by atoms with E-state index in [2.05, 4.69) is 4.98 Å². The van der Waals surface area contributed by atoms with E-state index in [4.69, 9.17) is 20.9 Å². The van der Waals surface area contributed by atoms with Crippen molar-refractivity contribution in [2.75, 3.05) is 5.73 Å². The van der Waals surface area contributed by atoms with Gasteiger partial charge in [0.05, 0.1) is 0 Å². The van der Waals surface area contributed by atoms with Crippen LogP contribution in [0.2, 0.25) is 0 Å². The van der Waals surface area contributed by atoms with Crippen LogP contribution >= 0.6 is 0 Å². The summed E-state index contributed by atoms with van der Waals surface area (Å²) in [4.78, 5) is 14.0. The molecule has 1 rings (SSSR count). The van der Waals surface area contributed by atoms with E-state index in [9.17, 15) is 4.79 Å². The number of carboxylic acids is 1. The normalized spacial score (nSPS) is 9.69. The predicted molar refractivity (Wildman–Crippen MR) is 45.4 cm³/mol. The summed E-state index contributed by atoms with van der Waals surface area (Å²) >= 11 is 0. The lowest BCUT2D eigenvalue weighted by Crippen LogP contribution is -2.35. The first-order valence-electron chi connectivity index (χ1n) is 3.38. The maximum Gasteiger partial charge on any atom is 0.490 e. The quantitative estimate of drug-likeness (QED) is 0.394. The van der Waals surface area contributed by atoms with Gasteiger partial charge in [-0.3, -0.25) is 0 Å². The van der Waals surface area contributed by atoms with Gasteiger partial charge in [0.1, 0.15) is 11.5 Å². The van der Waals surface area contributed by atoms with Crippen LogP contribution in [0.4, 0.5) is 5.82 Å². The fourth-order valence-corrected chi connectivity index (χ4v) is 0.865. The van der Waals surface area contributed by atoms with Gasteiger partial charge in [0, 0.05) is 5.46 Å². The zero-order chi connectivity index (χ0) is 10.0. The molecule has 0 bridgehead atoms. The molecule has 0 aliphatic rings. The lowest BCUT2D eigenvalue weighted by atomic mass is 9.79. The molecule has 0 atom stereocenters. The molecule has 68 valence electrons. The summed E-state index contributed by atoms with van der Waals surface area (Å²) in [6, 6.07) is 2.50. The van der Waals surface area contributed by atoms with Crippen LogP contribution in [-0.4, -0.2) is 33.2 Å². The Kier molecular flexibility index (Phi) is 2.50. The van der Waals surface area contributed by atoms with Crippen LogP contribution in [-0.2, 0) is 0 Å². The van der Waals surface area contributed by atoms with Crippen LogP contribution in [0.25, 0.3) is 0 Å². The molecule has 5 N–H and O–H groups in total. The summed E-state index contributed by atoms with van der Waals surface area (Å²) in [5, 5.41) is 26.1. The third-order valence-electron chi connectivity index (χ3n) is 1.43. The fourth-order valence-electron chi connectivity index (χ4n) is 0.865. The third-order valence-corrected chi connectivity index (χ3v) is 1.43. The Morgan fingerprint density at radius 2 is 2.08 bits per heavy atom. The SMILES string of the molecule is Nc1ccc(B(O)O)c(C(=O)O)n1. The van der Waals surface area contributed by atoms with Gasteiger partial charge in [0.25, 0.3) is 0 Å². The summed E-state index contributed by atoms with van der Waals surface area (Å²) in [6.45, 7) is 0. The molecule has 0 aliphatic carbocycles. The minimum Gasteiger partial charge on any atom is -0.477 e. The number of pyridine rings is 1. The molecule has 13 heavy (non-hydrogen) atoms. The topological polar surface area (TPSA) is 117 Å². The van der Waals surface area contributed by atoms with Crippen molar-refractivity contribution in [3.63, 3.8) is 0 Å². The Bertz CT molecular complexity index is 341. The van der Waals surface area contributed by atoms with E-state index in [-0.39, 0.29) is 11.3 Å². The Labute approximate surface area is 73.8 Å². The monoisotopic (exact) mass is 182 g/mol. The molecule has 1 heterocycles. The number of hydrogen-bond donors (Lipinski definition) is 4. The van der Waals surface area contributed by atoms with E-state index in [0.29, 0.717) is 0 Å². The minimum atomic E-state index is -1.86. The molecule has 7 heteroatoms. The number of carbonyl (C=O) groups is 1. The lowest BCUT2D eigenvalue weighted by molar-refractivity contribution is 0.0691. The van der Waals surface area contributed by atoms with Gasteiger partial charge >= 0.3 is 13.1 Å². The zero-order valence-electron chi connectivity index (χ0n) is 6.51. The van der Waals surface area contributed by atoms with Crippen molar-refractivity contribution in [2.24, 2.45) is 0 Å². The summed E-state index contributed by atoms with van der Waals surface area (Å²) in [6.07, 6.45) is 0. The number of nitrogens with zero attached hydrogens (tertiary/aromatic N) is 1. The molecule has 1 aromatic heterocycles.